The molecule has 0 bridgehead atoms. The molecule has 8 amide bonds. The molecule has 0 spiro atoms. The second kappa shape index (κ2) is 33.4. The normalized spacial score (nSPS) is 16.6. The Labute approximate surface area is 720 Å². The minimum atomic E-state index is -0.106. The molecule has 32 heteroatoms. The maximum absolute atomic E-state index is 12.9. The van der Waals surface area contributed by atoms with Crippen molar-refractivity contribution in [1.82, 2.24) is 88.9 Å². The van der Waals surface area contributed by atoms with E-state index in [0.29, 0.717) is 140 Å². The molecule has 10 aliphatic rings. The SMILES string of the molecule is CN1Cc2nc(NC(=O)C3CC3)cc(Nc3ccc(C(=O)N4CCCC4)cc3)c2C1=O.CN1Cc2nc3nc(C4CC4)[nH]c3c(Nc3ccc(C(=O)N4CCCC4)cc3)c2C1=O.CN1Cc2nc3nc(C4CC4)[nH]c3c(Nc3ccc(C(=O)N4CCCC4)cc3)c2C1=O.COc1c(Nc2cc(-c3ccccc3)nc3c2C(=O)N(C)C3)cccc1-c1ncn(C)n1. The summed E-state index contributed by atoms with van der Waals surface area (Å²) in [4.78, 5) is 153. The van der Waals surface area contributed by atoms with Gasteiger partial charge in [0.1, 0.15) is 34.8 Å². The zero-order valence-electron chi connectivity index (χ0n) is 70.4. The Morgan fingerprint density at radius 1 is 0.432 bits per heavy atom. The Morgan fingerprint density at radius 2 is 0.856 bits per heavy atom. The maximum Gasteiger partial charge on any atom is 0.258 e. The van der Waals surface area contributed by atoms with E-state index in [2.05, 4.69) is 61.6 Å². The number of para-hydroxylation sites is 1. The van der Waals surface area contributed by atoms with Crippen LogP contribution in [0.5, 0.6) is 5.75 Å². The molecule has 7 N–H and O–H groups in total. The van der Waals surface area contributed by atoms with Crippen LogP contribution in [-0.2, 0) is 38.0 Å². The summed E-state index contributed by atoms with van der Waals surface area (Å²) in [7, 11) is 10.5. The van der Waals surface area contributed by atoms with Crippen LogP contribution in [0.2, 0.25) is 0 Å². The quantitative estimate of drug-likeness (QED) is 0.0419. The summed E-state index contributed by atoms with van der Waals surface area (Å²) in [6.07, 6.45) is 14.4. The van der Waals surface area contributed by atoms with Gasteiger partial charge in [-0.25, -0.2) is 34.9 Å². The largest absolute Gasteiger partial charge is 0.494 e. The number of ether oxygens (including phenoxy) is 1. The van der Waals surface area contributed by atoms with E-state index in [4.69, 9.17) is 19.7 Å². The average molecular weight is 1680 g/mol. The van der Waals surface area contributed by atoms with Gasteiger partial charge in [0.25, 0.3) is 41.4 Å². The van der Waals surface area contributed by atoms with Gasteiger partial charge >= 0.3 is 0 Å². The summed E-state index contributed by atoms with van der Waals surface area (Å²) in [5.74, 6) is 4.42. The number of carbonyl (C=O) groups is 8. The zero-order valence-corrected chi connectivity index (χ0v) is 70.4. The Kier molecular flexibility index (Phi) is 21.5. The number of amides is 8. The van der Waals surface area contributed by atoms with Crippen LogP contribution >= 0.6 is 0 Å². The van der Waals surface area contributed by atoms with E-state index >= 15 is 0 Å². The summed E-state index contributed by atoms with van der Waals surface area (Å²) in [5, 5.41) is 20.8. The van der Waals surface area contributed by atoms with Crippen LogP contribution < -0.4 is 31.3 Å². The number of aromatic nitrogens is 11. The van der Waals surface area contributed by atoms with E-state index in [1.807, 2.05) is 137 Å². The molecule has 0 unspecified atom stereocenters. The Hall–Kier alpha value is -14.5. The molecule has 7 aliphatic heterocycles. The van der Waals surface area contributed by atoms with Gasteiger partial charge in [0, 0.05) is 138 Å². The lowest BCUT2D eigenvalue weighted by molar-refractivity contribution is -0.117. The van der Waals surface area contributed by atoms with Crippen molar-refractivity contribution < 1.29 is 43.1 Å². The highest BCUT2D eigenvalue weighted by Gasteiger charge is 2.39. The van der Waals surface area contributed by atoms with Crippen molar-refractivity contribution in [1.29, 1.82) is 0 Å². The van der Waals surface area contributed by atoms with Crippen molar-refractivity contribution in [2.24, 2.45) is 13.0 Å². The summed E-state index contributed by atoms with van der Waals surface area (Å²) in [6, 6.07) is 41.5. The first kappa shape index (κ1) is 80.3. The number of nitrogens with zero attached hydrogens (tertiary/aromatic N) is 16. The smallest absolute Gasteiger partial charge is 0.258 e. The van der Waals surface area contributed by atoms with Crippen molar-refractivity contribution in [3.05, 3.63) is 213 Å². The average Bonchev–Trinajstić information content (AvgIpc) is 1.57. The van der Waals surface area contributed by atoms with Gasteiger partial charge in [0.15, 0.2) is 22.9 Å². The van der Waals surface area contributed by atoms with Crippen molar-refractivity contribution in [2.45, 2.75) is 115 Å². The van der Waals surface area contributed by atoms with Gasteiger partial charge in [0.05, 0.1) is 118 Å². The second-order valence-electron chi connectivity index (χ2n) is 33.7. The molecule has 14 heterocycles. The standard InChI is InChI=1S/C24H22N6O2.2C23H24N6O2.C23H25N5O3/c1-29-13-20-21(24(29)31)19(12-18(27-20)15-8-5-4-6-9-15)26-17-11-7-10-16(22(17)32-3)23-25-14-30(2)28-23;2*1-28-12-16-17(23(28)31)18(19-21(25-16)27-20(26-19)13-4-5-13)24-15-8-6-14(7-9-15)22(30)29-10-2-3-11-29;1-27-13-18-20(23(27)31)17(12-19(25-18)26-21(29)14-4-5-14)24-16-8-6-15(7-9-16)22(30)28-10-2-3-11-28/h4-12,14H,13H2,1-3H3,(H,26,27);2*6-9,13H,2-5,10-12H2,1H3,(H2,24,25,26,27);6-9,12,14H,2-5,10-11,13H2,1H3,(H2,24,25,26,29). The van der Waals surface area contributed by atoms with Gasteiger partial charge < -0.3 is 75.6 Å². The molecule has 3 saturated heterocycles. The number of pyridine rings is 4. The number of anilines is 9. The summed E-state index contributed by atoms with van der Waals surface area (Å²) >= 11 is 0. The topological polar surface area (TPSA) is 368 Å². The number of H-pyrrole nitrogens is 2. The number of methoxy groups -OCH3 is 1. The lowest BCUT2D eigenvalue weighted by Gasteiger charge is -2.16. The monoisotopic (exact) mass is 1680 g/mol. The van der Waals surface area contributed by atoms with Crippen LogP contribution in [0.4, 0.5) is 51.3 Å². The van der Waals surface area contributed by atoms with E-state index < -0.39 is 0 Å². The molecular weight excluding hydrogens is 1580 g/mol. The van der Waals surface area contributed by atoms with Gasteiger partial charge in [-0.1, -0.05) is 36.4 Å². The van der Waals surface area contributed by atoms with Crippen LogP contribution in [0.15, 0.2) is 140 Å². The summed E-state index contributed by atoms with van der Waals surface area (Å²) in [6.45, 7) is 6.79. The first-order valence-electron chi connectivity index (χ1n) is 42.8. The third-order valence-corrected chi connectivity index (χ3v) is 24.4. The molecular formula is C93H95N23O9. The summed E-state index contributed by atoms with van der Waals surface area (Å²) in [5.41, 5.74) is 18.4. The summed E-state index contributed by atoms with van der Waals surface area (Å²) < 4.78 is 7.38. The Bertz CT molecular complexity index is 6110. The Morgan fingerprint density at radius 3 is 1.28 bits per heavy atom. The highest BCUT2D eigenvalue weighted by molar-refractivity contribution is 6.12. The number of carbonyl (C=O) groups excluding carboxylic acids is 8. The molecule has 0 radical (unpaired) electrons. The van der Waals surface area contributed by atoms with Gasteiger partial charge in [0.2, 0.25) is 5.91 Å². The van der Waals surface area contributed by atoms with Gasteiger partial charge in [-0.15, -0.1) is 0 Å². The molecule has 3 saturated carbocycles. The van der Waals surface area contributed by atoms with Crippen LogP contribution in [0.3, 0.4) is 0 Å². The first-order chi connectivity index (χ1) is 60.7. The predicted molar refractivity (Wildman–Crippen MR) is 471 cm³/mol. The fraction of sp³-hybridized carbons (Fsp3) is 0.333. The van der Waals surface area contributed by atoms with Crippen molar-refractivity contribution in [2.75, 3.05) is 101 Å². The number of hydrogen-bond acceptors (Lipinski definition) is 21. The molecule has 125 heavy (non-hydrogen) atoms. The number of hydrogen-bond donors (Lipinski definition) is 7. The molecule has 12 aromatic rings. The van der Waals surface area contributed by atoms with E-state index in [1.165, 1.54) is 0 Å². The highest BCUT2D eigenvalue weighted by atomic mass is 16.5. The molecule has 3 aliphatic carbocycles. The maximum atomic E-state index is 12.9. The lowest BCUT2D eigenvalue weighted by Crippen LogP contribution is -2.27. The van der Waals surface area contributed by atoms with Gasteiger partial charge in [-0.05, 0) is 168 Å². The fourth-order valence-corrected chi connectivity index (χ4v) is 17.1. The van der Waals surface area contributed by atoms with Crippen molar-refractivity contribution in [3.63, 3.8) is 0 Å². The molecule has 7 aromatic heterocycles. The number of nitrogens with one attached hydrogen (secondary N) is 7. The van der Waals surface area contributed by atoms with Crippen molar-refractivity contribution >= 4 is 121 Å². The Balaban J connectivity index is 0.000000109. The molecule has 22 rings (SSSR count). The van der Waals surface area contributed by atoms with Crippen LogP contribution in [0.25, 0.3) is 45.0 Å². The zero-order chi connectivity index (χ0) is 86.0. The van der Waals surface area contributed by atoms with Crippen LogP contribution in [0.1, 0.15) is 196 Å². The van der Waals surface area contributed by atoms with Crippen LogP contribution in [0, 0.1) is 5.92 Å². The minimum absolute atomic E-state index is 0.0270. The highest BCUT2D eigenvalue weighted by Crippen LogP contribution is 2.46. The third-order valence-electron chi connectivity index (χ3n) is 24.4. The third kappa shape index (κ3) is 16.3. The number of aromatic amines is 2. The molecule has 5 aromatic carbocycles. The van der Waals surface area contributed by atoms with E-state index in [0.717, 1.165) is 190 Å². The molecule has 636 valence electrons. The number of benzene rings is 5. The molecule has 6 fully saturated rings. The van der Waals surface area contributed by atoms with Gasteiger partial charge in [-0.3, -0.25) is 43.0 Å². The number of fused-ring (bicyclic) bond motifs is 6. The number of imidazole rings is 2. The molecule has 0 atom stereocenters. The minimum Gasteiger partial charge on any atom is -0.494 e. The lowest BCUT2D eigenvalue weighted by atomic mass is 10.1. The van der Waals surface area contributed by atoms with E-state index in [1.54, 1.807) is 84.1 Å². The predicted octanol–water partition coefficient (Wildman–Crippen LogP) is 13.7. The first-order valence-corrected chi connectivity index (χ1v) is 42.8. The number of rotatable bonds is 18. The van der Waals surface area contributed by atoms with Crippen molar-refractivity contribution in [3.8, 4) is 28.4 Å². The van der Waals surface area contributed by atoms with E-state index in [9.17, 15) is 38.4 Å². The van der Waals surface area contributed by atoms with Gasteiger partial charge in [-0.2, -0.15) is 5.10 Å². The second-order valence-corrected chi connectivity index (χ2v) is 33.7. The number of likely N-dealkylation sites (tertiary alicyclic amines) is 3. The van der Waals surface area contributed by atoms with E-state index in [-0.39, 0.29) is 53.2 Å². The van der Waals surface area contributed by atoms with Crippen LogP contribution in [-0.4, -0.2) is 211 Å². The number of aryl methyl sites for hydroxylation is 1. The molecule has 32 nitrogen and oxygen atoms in total. The fourth-order valence-electron chi connectivity index (χ4n) is 17.1.